The summed E-state index contributed by atoms with van der Waals surface area (Å²) in [6, 6.07) is 29.2. The van der Waals surface area contributed by atoms with Crippen molar-refractivity contribution in [1.82, 2.24) is 0 Å². The summed E-state index contributed by atoms with van der Waals surface area (Å²) in [5.74, 6) is 0. The molecular formula is C29H34S2Y2-4. The van der Waals surface area contributed by atoms with Crippen LogP contribution in [-0.4, -0.2) is 0 Å². The van der Waals surface area contributed by atoms with Crippen molar-refractivity contribution >= 4 is 36.0 Å². The van der Waals surface area contributed by atoms with Gasteiger partial charge in [-0.1, -0.05) is 72.8 Å². The zero-order valence-corrected chi connectivity index (χ0v) is 27.5. The molecular weight excluding hydrogens is 590 g/mol. The number of hydrogen-bond donors (Lipinski definition) is 0. The number of benzene rings is 3. The molecule has 0 nitrogen and oxygen atoms in total. The van der Waals surface area contributed by atoms with E-state index < -0.39 is 0 Å². The minimum atomic E-state index is 0. The first-order chi connectivity index (χ1) is 14.2. The maximum Gasteiger partial charge on any atom is 0 e. The molecule has 0 aliphatic rings. The molecule has 0 bridgehead atoms. The third kappa shape index (κ3) is 27.7. The zero-order chi connectivity index (χ0) is 22.8. The largest absolute Gasteiger partial charge is 0.784 e. The standard InChI is InChI=1S/C10H8.2C6H10S.C6H5.CH3.2Y/c1-2-6-10-8-4-3-7-9(10)5-1;2*1-5(2)4-6(3)7;1-2-4-6-5-3-1;;;/h1-8H;2*7H,1,3-4H2,2H3;1-5H;1H3;;/q;;;2*-1;;/p-2. The molecule has 0 aliphatic carbocycles. The second kappa shape index (κ2) is 26.1. The van der Waals surface area contributed by atoms with Crippen molar-refractivity contribution in [3.05, 3.63) is 140 Å². The van der Waals surface area contributed by atoms with Gasteiger partial charge >= 0.3 is 0 Å². The van der Waals surface area contributed by atoms with Crippen LogP contribution >= 0.6 is 0 Å². The van der Waals surface area contributed by atoms with Crippen LogP contribution in [-0.2, 0) is 90.7 Å². The number of allylic oxidation sites excluding steroid dienone is 4. The molecule has 0 saturated heterocycles. The van der Waals surface area contributed by atoms with Gasteiger partial charge in [0.05, 0.1) is 0 Å². The van der Waals surface area contributed by atoms with Gasteiger partial charge in [0.15, 0.2) is 0 Å². The number of fused-ring (bicyclic) bond motifs is 1. The van der Waals surface area contributed by atoms with E-state index in [4.69, 9.17) is 25.3 Å². The summed E-state index contributed by atoms with van der Waals surface area (Å²) in [5, 5.41) is 2.62. The third-order valence-electron chi connectivity index (χ3n) is 3.26. The Morgan fingerprint density at radius 3 is 1.06 bits per heavy atom. The fourth-order valence-electron chi connectivity index (χ4n) is 2.15. The summed E-state index contributed by atoms with van der Waals surface area (Å²) < 4.78 is 0. The summed E-state index contributed by atoms with van der Waals surface area (Å²) in [6.07, 6.45) is 1.57. The molecule has 0 heterocycles. The van der Waals surface area contributed by atoms with E-state index in [1.807, 2.05) is 44.2 Å². The average Bonchev–Trinajstić information content (AvgIpc) is 2.69. The van der Waals surface area contributed by atoms with Gasteiger partial charge in [-0.15, -0.1) is 13.2 Å². The van der Waals surface area contributed by atoms with E-state index in [2.05, 4.69) is 80.9 Å². The van der Waals surface area contributed by atoms with Crippen LogP contribution < -0.4 is 0 Å². The second-order valence-corrected chi connectivity index (χ2v) is 7.92. The van der Waals surface area contributed by atoms with E-state index in [0.717, 1.165) is 33.8 Å². The Kier molecular flexibility index (Phi) is 31.5. The minimum Gasteiger partial charge on any atom is -0.784 e. The molecule has 0 aliphatic heterocycles. The molecule has 33 heavy (non-hydrogen) atoms. The second-order valence-electron chi connectivity index (χ2n) is 6.77. The molecule has 0 amide bonds. The minimum absolute atomic E-state index is 0. The maximum absolute atomic E-state index is 4.70. The van der Waals surface area contributed by atoms with Gasteiger partial charge in [-0.2, -0.15) is 36.4 Å². The molecule has 0 unspecified atom stereocenters. The van der Waals surface area contributed by atoms with Crippen molar-refractivity contribution in [2.45, 2.75) is 26.7 Å². The molecule has 0 saturated carbocycles. The van der Waals surface area contributed by atoms with Crippen LogP contribution in [0.2, 0.25) is 0 Å². The van der Waals surface area contributed by atoms with Crippen LogP contribution in [0.15, 0.2) is 126 Å². The maximum atomic E-state index is 4.70. The first-order valence-corrected chi connectivity index (χ1v) is 10.4. The van der Waals surface area contributed by atoms with E-state index >= 15 is 0 Å². The SMILES string of the molecule is C=C(C)CC(=C)[S-].C=C(C)CC(=C)[S-].[CH3-].[Y].[Y].[c-]1ccccc1.c1ccc2ccccc2c1. The summed E-state index contributed by atoms with van der Waals surface area (Å²) >= 11 is 9.40. The van der Waals surface area contributed by atoms with Crippen molar-refractivity contribution < 1.29 is 65.4 Å². The normalized spacial score (nSPS) is 7.94. The van der Waals surface area contributed by atoms with Gasteiger partial charge in [-0.3, -0.25) is 0 Å². The first-order valence-electron chi connectivity index (χ1n) is 9.55. The van der Waals surface area contributed by atoms with Gasteiger partial charge in [0.2, 0.25) is 0 Å². The Morgan fingerprint density at radius 2 is 0.939 bits per heavy atom. The van der Waals surface area contributed by atoms with Crippen molar-refractivity contribution in [3.8, 4) is 0 Å². The molecule has 2 radical (unpaired) electrons. The zero-order valence-electron chi connectivity index (χ0n) is 20.2. The Morgan fingerprint density at radius 1 is 0.636 bits per heavy atom. The Labute approximate surface area is 264 Å². The molecule has 0 fully saturated rings. The van der Waals surface area contributed by atoms with E-state index in [-0.39, 0.29) is 72.8 Å². The molecule has 0 aromatic heterocycles. The van der Waals surface area contributed by atoms with Crippen LogP contribution in [0.5, 0.6) is 0 Å². The summed E-state index contributed by atoms with van der Waals surface area (Å²) in [4.78, 5) is 1.54. The van der Waals surface area contributed by atoms with Gasteiger partial charge in [-0.25, -0.2) is 9.81 Å². The monoisotopic (exact) mass is 624 g/mol. The fraction of sp³-hybridized carbons (Fsp3) is 0.138. The summed E-state index contributed by atoms with van der Waals surface area (Å²) in [6.45, 7) is 18.3. The van der Waals surface area contributed by atoms with Gasteiger partial charge in [-0.05, 0) is 37.5 Å². The van der Waals surface area contributed by atoms with Crippen LogP contribution in [0.3, 0.4) is 0 Å². The molecule has 3 aromatic rings. The molecule has 0 N–H and O–H groups in total. The number of rotatable bonds is 4. The van der Waals surface area contributed by atoms with Crippen LogP contribution in [0.4, 0.5) is 0 Å². The van der Waals surface area contributed by atoms with Gasteiger partial charge in [0, 0.05) is 65.4 Å². The Hall–Kier alpha value is -0.472. The van der Waals surface area contributed by atoms with Crippen molar-refractivity contribution in [2.75, 3.05) is 0 Å². The first kappa shape index (κ1) is 39.7. The molecule has 0 atom stereocenters. The van der Waals surface area contributed by atoms with Crippen LogP contribution in [0, 0.1) is 13.5 Å². The topological polar surface area (TPSA) is 0 Å². The van der Waals surface area contributed by atoms with Crippen LogP contribution in [0.25, 0.3) is 10.8 Å². The Balaban J connectivity index is -0.000000168. The molecule has 172 valence electrons. The number of hydrogen-bond acceptors (Lipinski definition) is 2. The van der Waals surface area contributed by atoms with E-state index in [0.29, 0.717) is 0 Å². The quantitative estimate of drug-likeness (QED) is 0.162. The predicted octanol–water partition coefficient (Wildman–Crippen LogP) is 8.80. The van der Waals surface area contributed by atoms with Gasteiger partial charge < -0.3 is 32.7 Å². The fourth-order valence-corrected chi connectivity index (χ4v) is 2.64. The summed E-state index contributed by atoms with van der Waals surface area (Å²) in [7, 11) is 0. The van der Waals surface area contributed by atoms with E-state index in [1.165, 1.54) is 10.8 Å². The van der Waals surface area contributed by atoms with Gasteiger partial charge in [0.1, 0.15) is 0 Å². The average molecular weight is 625 g/mol. The van der Waals surface area contributed by atoms with E-state index in [9.17, 15) is 0 Å². The smallest absolute Gasteiger partial charge is 0 e. The molecule has 3 rings (SSSR count). The van der Waals surface area contributed by atoms with Gasteiger partial charge in [0.25, 0.3) is 0 Å². The third-order valence-corrected chi connectivity index (χ3v) is 3.55. The summed E-state index contributed by atoms with van der Waals surface area (Å²) in [5.41, 5.74) is 2.17. The molecule has 4 heteroatoms. The van der Waals surface area contributed by atoms with Crippen LogP contribution in [0.1, 0.15) is 26.7 Å². The predicted molar refractivity (Wildman–Crippen MR) is 148 cm³/mol. The molecule has 0 spiro atoms. The van der Waals surface area contributed by atoms with Crippen molar-refractivity contribution in [3.63, 3.8) is 0 Å². The van der Waals surface area contributed by atoms with Crippen molar-refractivity contribution in [1.29, 1.82) is 0 Å². The van der Waals surface area contributed by atoms with Crippen molar-refractivity contribution in [2.24, 2.45) is 0 Å². The Bertz CT molecular complexity index is 777. The molecule has 3 aromatic carbocycles. The van der Waals surface area contributed by atoms with E-state index in [1.54, 1.807) is 0 Å².